The molecule has 0 aliphatic heterocycles. The summed E-state index contributed by atoms with van der Waals surface area (Å²) in [6, 6.07) is 11.2. The minimum atomic E-state index is -1.000. The van der Waals surface area contributed by atoms with Crippen LogP contribution in [0.3, 0.4) is 0 Å². The number of ketones is 3. The summed E-state index contributed by atoms with van der Waals surface area (Å²) < 4.78 is 0. The molecule has 0 saturated heterocycles. The zero-order valence-electron chi connectivity index (χ0n) is 18.8. The number of phenolic OH excluding ortho intramolecular Hbond substituents is 1. The molecule has 6 heteroatoms. The largest absolute Gasteiger partial charge is 0.511 e. The summed E-state index contributed by atoms with van der Waals surface area (Å²) in [5.74, 6) is -3.36. The number of benzene rings is 2. The molecule has 0 aromatic heterocycles. The number of hydrogen-bond donors (Lipinski definition) is 3. The van der Waals surface area contributed by atoms with E-state index in [2.05, 4.69) is 0 Å². The molecular weight excluding hydrogens is 420 g/mol. The highest BCUT2D eigenvalue weighted by Crippen LogP contribution is 2.48. The maximum absolute atomic E-state index is 13.6. The van der Waals surface area contributed by atoms with Crippen molar-refractivity contribution in [2.75, 3.05) is 6.61 Å². The highest BCUT2D eigenvalue weighted by atomic mass is 16.3. The van der Waals surface area contributed by atoms with Crippen LogP contribution in [-0.4, -0.2) is 39.3 Å². The van der Waals surface area contributed by atoms with Crippen LogP contribution in [0, 0.1) is 24.7 Å². The molecule has 2 aliphatic carbocycles. The van der Waals surface area contributed by atoms with Gasteiger partial charge in [0.2, 0.25) is 0 Å². The highest BCUT2D eigenvalue weighted by Gasteiger charge is 2.46. The maximum atomic E-state index is 13.6. The molecule has 33 heavy (non-hydrogen) atoms. The number of aryl methyl sites for hydroxylation is 1. The Morgan fingerprint density at radius 2 is 1.76 bits per heavy atom. The Morgan fingerprint density at radius 3 is 2.39 bits per heavy atom. The van der Waals surface area contributed by atoms with Gasteiger partial charge in [0.05, 0.1) is 17.9 Å². The van der Waals surface area contributed by atoms with Gasteiger partial charge in [-0.05, 0) is 56.1 Å². The van der Waals surface area contributed by atoms with E-state index in [1.807, 2.05) is 37.3 Å². The lowest BCUT2D eigenvalue weighted by atomic mass is 9.64. The lowest BCUT2D eigenvalue weighted by Gasteiger charge is -2.39. The van der Waals surface area contributed by atoms with Gasteiger partial charge in [0, 0.05) is 17.7 Å². The Kier molecular flexibility index (Phi) is 6.21. The second kappa shape index (κ2) is 8.94. The number of Topliss-reactive ketones (excluding diaryl/α,β-unsaturated/α-hetero) is 3. The van der Waals surface area contributed by atoms with Crippen LogP contribution in [0.25, 0.3) is 11.1 Å². The fourth-order valence-corrected chi connectivity index (χ4v) is 5.35. The van der Waals surface area contributed by atoms with Gasteiger partial charge in [0.15, 0.2) is 11.6 Å². The summed E-state index contributed by atoms with van der Waals surface area (Å²) in [5, 5.41) is 31.7. The summed E-state index contributed by atoms with van der Waals surface area (Å²) in [7, 11) is 0. The van der Waals surface area contributed by atoms with Crippen LogP contribution in [0.5, 0.6) is 5.75 Å². The van der Waals surface area contributed by atoms with Crippen LogP contribution >= 0.6 is 0 Å². The number of phenols is 1. The topological polar surface area (TPSA) is 112 Å². The lowest BCUT2D eigenvalue weighted by molar-refractivity contribution is -0.129. The first-order chi connectivity index (χ1) is 15.7. The van der Waals surface area contributed by atoms with Crippen LogP contribution < -0.4 is 0 Å². The van der Waals surface area contributed by atoms with Gasteiger partial charge in [0.1, 0.15) is 17.3 Å². The van der Waals surface area contributed by atoms with Crippen molar-refractivity contribution in [3.05, 3.63) is 64.4 Å². The fraction of sp³-hybridized carbons (Fsp3) is 0.370. The van der Waals surface area contributed by atoms with Crippen LogP contribution in [0.15, 0.2) is 47.7 Å². The van der Waals surface area contributed by atoms with Crippen molar-refractivity contribution in [3.8, 4) is 16.9 Å². The van der Waals surface area contributed by atoms with Crippen molar-refractivity contribution < 1.29 is 29.7 Å². The zero-order valence-corrected chi connectivity index (χ0v) is 18.8. The molecule has 3 atom stereocenters. The summed E-state index contributed by atoms with van der Waals surface area (Å²) in [6.45, 7) is 3.11. The number of aliphatic hydroxyl groups is 2. The number of carbonyl (C=O) groups excluding carboxylic acids is 3. The van der Waals surface area contributed by atoms with Crippen molar-refractivity contribution in [2.45, 2.75) is 39.5 Å². The van der Waals surface area contributed by atoms with Gasteiger partial charge < -0.3 is 15.3 Å². The fourth-order valence-electron chi connectivity index (χ4n) is 5.35. The monoisotopic (exact) mass is 448 g/mol. The molecule has 2 aromatic rings. The Balaban J connectivity index is 1.80. The van der Waals surface area contributed by atoms with Crippen molar-refractivity contribution >= 4 is 17.3 Å². The van der Waals surface area contributed by atoms with Crippen LogP contribution in [-0.2, 0) is 16.0 Å². The smallest absolute Gasteiger partial charge is 0.196 e. The third kappa shape index (κ3) is 4.11. The van der Waals surface area contributed by atoms with E-state index in [0.717, 1.165) is 11.1 Å². The summed E-state index contributed by atoms with van der Waals surface area (Å²) in [6.07, 6.45) is 0.848. The maximum Gasteiger partial charge on any atom is 0.196 e. The van der Waals surface area contributed by atoms with Crippen LogP contribution in [0.2, 0.25) is 0 Å². The molecule has 3 N–H and O–H groups in total. The standard InChI is InChI=1S/C27H28O6/c1-14-3-5-16(6-4-14)20-8-7-17-12-19-13-18(9-10-28)22(21(30)11-15(2)29)26(32)24(19)27(33)23(17)25(20)31/h3-8,18-19,22,28,31-32H,9-13H2,1-2H3. The summed E-state index contributed by atoms with van der Waals surface area (Å²) >= 11 is 0. The van der Waals surface area contributed by atoms with Crippen molar-refractivity contribution in [1.29, 1.82) is 0 Å². The van der Waals surface area contributed by atoms with E-state index in [-0.39, 0.29) is 53.3 Å². The number of aliphatic hydroxyl groups excluding tert-OH is 2. The van der Waals surface area contributed by atoms with Crippen LogP contribution in [0.4, 0.5) is 0 Å². The molecule has 0 fully saturated rings. The molecule has 172 valence electrons. The van der Waals surface area contributed by atoms with Gasteiger partial charge in [-0.25, -0.2) is 0 Å². The van der Waals surface area contributed by atoms with E-state index in [1.165, 1.54) is 6.92 Å². The summed E-state index contributed by atoms with van der Waals surface area (Å²) in [4.78, 5) is 37.9. The minimum Gasteiger partial charge on any atom is -0.511 e. The Morgan fingerprint density at radius 1 is 1.06 bits per heavy atom. The Hall–Kier alpha value is -3.25. The average Bonchev–Trinajstić information content (AvgIpc) is 2.74. The normalized spacial score (nSPS) is 22.0. The molecule has 0 saturated carbocycles. The average molecular weight is 449 g/mol. The van der Waals surface area contributed by atoms with Gasteiger partial charge in [-0.2, -0.15) is 0 Å². The first kappa shape index (κ1) is 22.9. The number of aromatic hydroxyl groups is 1. The highest BCUT2D eigenvalue weighted by molar-refractivity contribution is 6.15. The van der Waals surface area contributed by atoms with Crippen molar-refractivity contribution in [2.24, 2.45) is 17.8 Å². The third-order valence-corrected chi connectivity index (χ3v) is 6.87. The van der Waals surface area contributed by atoms with E-state index >= 15 is 0 Å². The SMILES string of the molecule is CC(=O)CC(=O)C1C(O)=C2C(=O)c3c(ccc(-c4ccc(C)cc4)c3O)CC2CC1CCO. The Bertz CT molecular complexity index is 1160. The molecule has 0 amide bonds. The first-order valence-electron chi connectivity index (χ1n) is 11.3. The van der Waals surface area contributed by atoms with E-state index in [9.17, 15) is 29.7 Å². The molecule has 0 radical (unpaired) electrons. The van der Waals surface area contributed by atoms with Crippen LogP contribution in [0.1, 0.15) is 47.7 Å². The molecule has 3 unspecified atom stereocenters. The van der Waals surface area contributed by atoms with E-state index in [1.54, 1.807) is 6.07 Å². The quantitative estimate of drug-likeness (QED) is 0.574. The molecule has 0 bridgehead atoms. The second-order valence-corrected chi connectivity index (χ2v) is 9.22. The number of carbonyl (C=O) groups is 3. The predicted octanol–water partition coefficient (Wildman–Crippen LogP) is 4.10. The number of rotatable bonds is 6. The Labute approximate surface area is 192 Å². The van der Waals surface area contributed by atoms with Gasteiger partial charge in [-0.1, -0.05) is 42.0 Å². The first-order valence-corrected chi connectivity index (χ1v) is 11.3. The van der Waals surface area contributed by atoms with E-state index in [4.69, 9.17) is 0 Å². The molecule has 2 aromatic carbocycles. The molecule has 6 nitrogen and oxygen atoms in total. The number of fused-ring (bicyclic) bond motifs is 2. The number of hydrogen-bond acceptors (Lipinski definition) is 6. The molecule has 4 rings (SSSR count). The van der Waals surface area contributed by atoms with E-state index < -0.39 is 17.5 Å². The van der Waals surface area contributed by atoms with Gasteiger partial charge >= 0.3 is 0 Å². The lowest BCUT2D eigenvalue weighted by Crippen LogP contribution is -2.39. The van der Waals surface area contributed by atoms with Crippen molar-refractivity contribution in [1.82, 2.24) is 0 Å². The van der Waals surface area contributed by atoms with Gasteiger partial charge in [-0.15, -0.1) is 0 Å². The molecule has 0 heterocycles. The van der Waals surface area contributed by atoms with Crippen molar-refractivity contribution in [3.63, 3.8) is 0 Å². The number of allylic oxidation sites excluding steroid dienone is 2. The molecular formula is C27H28O6. The predicted molar refractivity (Wildman–Crippen MR) is 123 cm³/mol. The van der Waals surface area contributed by atoms with E-state index in [0.29, 0.717) is 30.4 Å². The molecule has 2 aliphatic rings. The zero-order chi connectivity index (χ0) is 23.9. The minimum absolute atomic E-state index is 0.135. The van der Waals surface area contributed by atoms with Gasteiger partial charge in [0.25, 0.3) is 0 Å². The summed E-state index contributed by atoms with van der Waals surface area (Å²) in [5.41, 5.74) is 3.38. The molecule has 0 spiro atoms. The van der Waals surface area contributed by atoms with Gasteiger partial charge in [-0.3, -0.25) is 14.4 Å². The second-order valence-electron chi connectivity index (χ2n) is 9.22. The third-order valence-electron chi connectivity index (χ3n) is 6.87.